The Morgan fingerprint density at radius 3 is 1.84 bits per heavy atom. The van der Waals surface area contributed by atoms with Crippen LogP contribution in [0, 0.1) is 5.92 Å². The zero-order valence-corrected chi connectivity index (χ0v) is 30.6. The monoisotopic (exact) mass is 730 g/mol. The Morgan fingerprint density at radius 2 is 1.29 bits per heavy atom. The van der Waals surface area contributed by atoms with Crippen molar-refractivity contribution in [2.45, 2.75) is 60.3 Å². The second-order valence-corrected chi connectivity index (χ2v) is 12.7. The van der Waals surface area contributed by atoms with Gasteiger partial charge in [0.15, 0.2) is 0 Å². The van der Waals surface area contributed by atoms with E-state index < -0.39 is 11.8 Å². The van der Waals surface area contributed by atoms with E-state index in [1.807, 2.05) is 39.8 Å². The van der Waals surface area contributed by atoms with Gasteiger partial charge in [-0.05, 0) is 43.3 Å². The molecule has 0 aliphatic rings. The molecule has 3 aromatic carbocycles. The summed E-state index contributed by atoms with van der Waals surface area (Å²) < 4.78 is 4.48. The lowest BCUT2D eigenvalue weighted by molar-refractivity contribution is -0.154. The number of fused-ring (bicyclic) bond motifs is 2. The predicted molar refractivity (Wildman–Crippen MR) is 200 cm³/mol. The van der Waals surface area contributed by atoms with Crippen LogP contribution >= 0.6 is 34.8 Å². The number of hydrogen-bond donors (Lipinski definition) is 4. The number of esters is 1. The van der Waals surface area contributed by atoms with Crippen LogP contribution in [-0.4, -0.2) is 38.3 Å². The lowest BCUT2D eigenvalue weighted by Gasteiger charge is -2.05. The van der Waals surface area contributed by atoms with E-state index in [2.05, 4.69) is 24.7 Å². The summed E-state index contributed by atoms with van der Waals surface area (Å²) in [5.74, 6) is -1.25. The SMILES string of the molecule is CC(C)c1nc2c(Cl)cccc2[nH]c1=O.CC(C)c1nc2cccc(Cl)c2[nH]c1=O.CCOC(=O)C(=O)C(C)C.Nc1cccc(Cl)c1N. The quantitative estimate of drug-likeness (QED) is 0.0799. The molecule has 0 unspecified atom stereocenters. The third kappa shape index (κ3) is 11.6. The van der Waals surface area contributed by atoms with Gasteiger partial charge in [-0.25, -0.2) is 14.8 Å². The van der Waals surface area contributed by atoms with Gasteiger partial charge in [-0.1, -0.05) is 94.5 Å². The zero-order valence-electron chi connectivity index (χ0n) is 28.4. The first-order valence-electron chi connectivity index (χ1n) is 15.4. The highest BCUT2D eigenvalue weighted by atomic mass is 35.5. The van der Waals surface area contributed by atoms with Crippen LogP contribution < -0.4 is 22.6 Å². The Kier molecular flexibility index (Phi) is 15.7. The van der Waals surface area contributed by atoms with Crippen LogP contribution in [0.25, 0.3) is 22.1 Å². The van der Waals surface area contributed by atoms with Crippen LogP contribution in [0.2, 0.25) is 15.1 Å². The number of benzene rings is 3. The predicted octanol–water partition coefficient (Wildman–Crippen LogP) is 7.68. The van der Waals surface area contributed by atoms with E-state index in [1.165, 1.54) is 0 Å². The summed E-state index contributed by atoms with van der Waals surface area (Å²) in [5, 5.41) is 1.59. The van der Waals surface area contributed by atoms with E-state index in [0.29, 0.717) is 54.4 Å². The van der Waals surface area contributed by atoms with Crippen molar-refractivity contribution in [1.82, 2.24) is 19.9 Å². The van der Waals surface area contributed by atoms with Gasteiger partial charge < -0.3 is 26.2 Å². The smallest absolute Gasteiger partial charge is 0.374 e. The van der Waals surface area contributed by atoms with Crippen molar-refractivity contribution in [3.8, 4) is 0 Å². The molecule has 5 rings (SSSR count). The number of aromatic nitrogens is 4. The fraction of sp³-hybridized carbons (Fsp3) is 0.314. The second kappa shape index (κ2) is 18.9. The van der Waals surface area contributed by atoms with Crippen LogP contribution in [0.4, 0.5) is 11.4 Å². The number of nitrogens with one attached hydrogen (secondary N) is 2. The number of ether oxygens (including phenoxy) is 1. The van der Waals surface area contributed by atoms with Crippen molar-refractivity contribution in [2.75, 3.05) is 18.1 Å². The maximum Gasteiger partial charge on any atom is 0.374 e. The second-order valence-electron chi connectivity index (χ2n) is 11.5. The molecule has 11 nitrogen and oxygen atoms in total. The van der Waals surface area contributed by atoms with Gasteiger partial charge in [-0.3, -0.25) is 14.4 Å². The largest absolute Gasteiger partial charge is 0.460 e. The highest BCUT2D eigenvalue weighted by Crippen LogP contribution is 2.24. The number of nitrogen functional groups attached to an aromatic ring is 2. The summed E-state index contributed by atoms with van der Waals surface area (Å²) in [7, 11) is 0. The standard InChI is InChI=1S/2C11H11ClN2O.C7H12O3.C6H7ClN2/c1-6(2)9-11(15)13-8-5-3-4-7(12)10(8)14-9;1-6(2)9-11(15)14-10-7(12)4-3-5-8(10)13-9;1-4-10-7(9)6(8)5(2)3;7-4-2-1-3-5(8)6(4)9/h3-6H,1-2H3,(H,13,15);3-6H,1-2H3,(H,14,15);5H,4H2,1-3H3;1-3H,8-9H2. The number of anilines is 2. The van der Waals surface area contributed by atoms with E-state index in [0.717, 1.165) is 5.52 Å². The van der Waals surface area contributed by atoms with Gasteiger partial charge in [0, 0.05) is 17.8 Å². The number of nitrogens with two attached hydrogens (primary N) is 2. The number of carbonyl (C=O) groups is 2. The summed E-state index contributed by atoms with van der Waals surface area (Å²) in [6.07, 6.45) is 0. The van der Waals surface area contributed by atoms with Crippen LogP contribution in [0.5, 0.6) is 0 Å². The van der Waals surface area contributed by atoms with Crippen LogP contribution in [0.3, 0.4) is 0 Å². The van der Waals surface area contributed by atoms with Crippen molar-refractivity contribution < 1.29 is 14.3 Å². The number of nitrogens with zero attached hydrogens (tertiary/aromatic N) is 2. The van der Waals surface area contributed by atoms with Crippen LogP contribution in [0.1, 0.15) is 71.7 Å². The minimum Gasteiger partial charge on any atom is -0.460 e. The lowest BCUT2D eigenvalue weighted by Crippen LogP contribution is -2.21. The fourth-order valence-electron chi connectivity index (χ4n) is 3.95. The third-order valence-electron chi connectivity index (χ3n) is 6.58. The maximum absolute atomic E-state index is 11.7. The number of aromatic amines is 2. The van der Waals surface area contributed by atoms with Gasteiger partial charge in [0.1, 0.15) is 16.9 Å². The Hall–Kier alpha value is -4.45. The molecule has 0 saturated heterocycles. The highest BCUT2D eigenvalue weighted by Gasteiger charge is 2.18. The average Bonchev–Trinajstić information content (AvgIpc) is 3.04. The van der Waals surface area contributed by atoms with E-state index in [4.69, 9.17) is 46.3 Å². The topological polar surface area (TPSA) is 187 Å². The molecular formula is C35H41Cl3N6O5. The molecule has 0 atom stereocenters. The number of para-hydroxylation sites is 3. The molecule has 49 heavy (non-hydrogen) atoms. The van der Waals surface area contributed by atoms with Crippen molar-refractivity contribution >= 4 is 80.0 Å². The highest BCUT2D eigenvalue weighted by molar-refractivity contribution is 6.35. The van der Waals surface area contributed by atoms with Gasteiger partial charge in [-0.2, -0.15) is 0 Å². The average molecular weight is 732 g/mol. The van der Waals surface area contributed by atoms with Crippen molar-refractivity contribution in [3.63, 3.8) is 0 Å². The molecule has 0 fully saturated rings. The van der Waals surface area contributed by atoms with Gasteiger partial charge in [-0.15, -0.1) is 0 Å². The Balaban J connectivity index is 0.000000233. The van der Waals surface area contributed by atoms with Gasteiger partial charge in [0.25, 0.3) is 11.1 Å². The van der Waals surface area contributed by atoms with E-state index in [1.54, 1.807) is 63.2 Å². The summed E-state index contributed by atoms with van der Waals surface area (Å²) >= 11 is 17.6. The van der Waals surface area contributed by atoms with Crippen LogP contribution in [0.15, 0.2) is 64.2 Å². The van der Waals surface area contributed by atoms with E-state index in [-0.39, 0.29) is 35.5 Å². The van der Waals surface area contributed by atoms with Crippen molar-refractivity contribution in [3.05, 3.63) is 102 Å². The van der Waals surface area contributed by atoms with Crippen molar-refractivity contribution in [2.24, 2.45) is 5.92 Å². The molecule has 0 amide bonds. The summed E-state index contributed by atoms with van der Waals surface area (Å²) in [6, 6.07) is 15.9. The van der Waals surface area contributed by atoms with Gasteiger partial charge in [0.05, 0.1) is 49.6 Å². The minimum absolute atomic E-state index is 0.0921. The first kappa shape index (κ1) is 40.7. The Morgan fingerprint density at radius 1 is 0.755 bits per heavy atom. The molecule has 6 N–H and O–H groups in total. The number of Topliss-reactive ketones (excluding diaryl/α,β-unsaturated/α-hetero) is 1. The minimum atomic E-state index is -0.725. The van der Waals surface area contributed by atoms with Gasteiger partial charge >= 0.3 is 5.97 Å². The van der Waals surface area contributed by atoms with Crippen LogP contribution in [-0.2, 0) is 14.3 Å². The maximum atomic E-state index is 11.7. The molecule has 5 aromatic rings. The molecule has 0 aliphatic carbocycles. The Bertz CT molecular complexity index is 2010. The molecule has 2 heterocycles. The summed E-state index contributed by atoms with van der Waals surface area (Å²) in [4.78, 5) is 58.8. The zero-order chi connectivity index (χ0) is 37.0. The number of carbonyl (C=O) groups excluding carboxylic acids is 2. The Labute approximate surface area is 299 Å². The van der Waals surface area contributed by atoms with E-state index >= 15 is 0 Å². The molecule has 2 aromatic heterocycles. The molecule has 0 bridgehead atoms. The number of ketones is 1. The molecule has 0 aliphatic heterocycles. The van der Waals surface area contributed by atoms with Gasteiger partial charge in [0.2, 0.25) is 5.78 Å². The summed E-state index contributed by atoms with van der Waals surface area (Å²) in [6.45, 7) is 13.0. The molecule has 0 spiro atoms. The third-order valence-corrected chi connectivity index (χ3v) is 7.53. The number of rotatable bonds is 5. The molecule has 0 radical (unpaired) electrons. The van der Waals surface area contributed by atoms with Crippen molar-refractivity contribution in [1.29, 1.82) is 0 Å². The molecule has 262 valence electrons. The van der Waals surface area contributed by atoms with E-state index in [9.17, 15) is 19.2 Å². The first-order chi connectivity index (χ1) is 23.0. The molecular weight excluding hydrogens is 691 g/mol. The fourth-order valence-corrected chi connectivity index (χ4v) is 4.56. The normalized spacial score (nSPS) is 10.6. The number of halogens is 3. The first-order valence-corrected chi connectivity index (χ1v) is 16.5. The molecule has 14 heteroatoms. The number of hydrogen-bond acceptors (Lipinski definition) is 9. The molecule has 0 saturated carbocycles. The number of H-pyrrole nitrogens is 2. The summed E-state index contributed by atoms with van der Waals surface area (Å²) in [5.41, 5.74) is 15.3. The lowest BCUT2D eigenvalue weighted by atomic mass is 10.1.